The van der Waals surface area contributed by atoms with E-state index in [0.29, 0.717) is 0 Å². The lowest BCUT2D eigenvalue weighted by atomic mass is 10.2. The van der Waals surface area contributed by atoms with Gasteiger partial charge in [0.05, 0.1) is 11.1 Å². The van der Waals surface area contributed by atoms with Crippen LogP contribution in [0.5, 0.6) is 0 Å². The van der Waals surface area contributed by atoms with Crippen LogP contribution in [0.25, 0.3) is 16.8 Å². The number of benzene rings is 2. The number of hydrogen-bond donors (Lipinski definition) is 0. The molecule has 4 rings (SSSR count). The first-order valence-corrected chi connectivity index (χ1v) is 6.20. The summed E-state index contributed by atoms with van der Waals surface area (Å²) in [6, 6.07) is 16.2. The van der Waals surface area contributed by atoms with Crippen molar-refractivity contribution in [2.75, 3.05) is 0 Å². The average Bonchev–Trinajstić information content (AvgIpc) is 2.76. The molecular weight excluding hydrogens is 234 g/mol. The summed E-state index contributed by atoms with van der Waals surface area (Å²) >= 11 is 0. The lowest BCUT2D eigenvalue weighted by Crippen LogP contribution is -2.26. The van der Waals surface area contributed by atoms with Crippen LogP contribution in [0, 0.1) is 0 Å². The fourth-order valence-corrected chi connectivity index (χ4v) is 2.38. The Hall–Kier alpha value is -2.68. The summed E-state index contributed by atoms with van der Waals surface area (Å²) in [6.07, 6.45) is 5.89. The maximum absolute atomic E-state index is 4.67. The first-order chi connectivity index (χ1) is 9.42. The Balaban J connectivity index is 2.14. The third kappa shape index (κ3) is 1.59. The van der Waals surface area contributed by atoms with Gasteiger partial charge in [0, 0.05) is 23.2 Å². The number of rotatable bonds is 0. The number of fused-ring (bicyclic) bond motifs is 4. The van der Waals surface area contributed by atoms with Crippen LogP contribution >= 0.6 is 0 Å². The van der Waals surface area contributed by atoms with E-state index in [1.165, 1.54) is 10.8 Å². The zero-order valence-electron chi connectivity index (χ0n) is 10.2. The fourth-order valence-electron chi connectivity index (χ4n) is 2.38. The van der Waals surface area contributed by atoms with E-state index in [0.717, 1.165) is 16.4 Å². The highest BCUT2D eigenvalue weighted by Gasteiger charge is 2.06. The van der Waals surface area contributed by atoms with Crippen LogP contribution < -0.4 is 10.7 Å². The standard InChI is InChI=1S/C16H11N3/c1-2-6-13-12(5-1)11-19-16(13)9-10-17-14-7-3-4-8-15(14)18-19/h1-11H/b10-9?,17-14?,18-15-. The minimum absolute atomic E-state index is 0.883. The third-order valence-electron chi connectivity index (χ3n) is 3.29. The van der Waals surface area contributed by atoms with Crippen LogP contribution in [0.2, 0.25) is 0 Å². The molecule has 0 aliphatic carbocycles. The molecule has 0 fully saturated rings. The Morgan fingerprint density at radius 2 is 1.63 bits per heavy atom. The summed E-state index contributed by atoms with van der Waals surface area (Å²) in [7, 11) is 0. The first-order valence-electron chi connectivity index (χ1n) is 6.20. The zero-order valence-corrected chi connectivity index (χ0v) is 10.2. The monoisotopic (exact) mass is 245 g/mol. The summed E-state index contributed by atoms with van der Waals surface area (Å²) < 4.78 is 1.93. The molecule has 0 saturated heterocycles. The molecule has 0 amide bonds. The van der Waals surface area contributed by atoms with Gasteiger partial charge in [-0.3, -0.25) is 4.99 Å². The van der Waals surface area contributed by atoms with Crippen molar-refractivity contribution in [3.8, 4) is 0 Å². The molecule has 2 heterocycles. The average molecular weight is 245 g/mol. The molecule has 1 aliphatic heterocycles. The molecule has 1 aliphatic rings. The van der Waals surface area contributed by atoms with Gasteiger partial charge in [0.2, 0.25) is 0 Å². The highest BCUT2D eigenvalue weighted by molar-refractivity contribution is 5.90. The van der Waals surface area contributed by atoms with Crippen LogP contribution in [-0.2, 0) is 0 Å². The predicted octanol–water partition coefficient (Wildman–Crippen LogP) is 2.33. The van der Waals surface area contributed by atoms with Crippen molar-refractivity contribution in [2.45, 2.75) is 0 Å². The zero-order chi connectivity index (χ0) is 12.7. The van der Waals surface area contributed by atoms with Crippen molar-refractivity contribution < 1.29 is 0 Å². The quantitative estimate of drug-likeness (QED) is 0.582. The van der Waals surface area contributed by atoms with E-state index < -0.39 is 0 Å². The normalized spacial score (nSPS) is 14.6. The number of hydrogen-bond acceptors (Lipinski definition) is 2. The van der Waals surface area contributed by atoms with E-state index in [2.05, 4.69) is 28.4 Å². The largest absolute Gasteiger partial charge is 0.254 e. The smallest absolute Gasteiger partial charge is 0.110 e. The predicted molar refractivity (Wildman–Crippen MR) is 75.1 cm³/mol. The van der Waals surface area contributed by atoms with E-state index in [1.807, 2.05) is 53.4 Å². The second-order valence-corrected chi connectivity index (χ2v) is 4.48. The SMILES string of the molecule is C1=Cc2c3ccccc3cn2/N=c2/ccccc2=N1. The Bertz CT molecular complexity index is 917. The van der Waals surface area contributed by atoms with Gasteiger partial charge in [0.25, 0.3) is 0 Å². The van der Waals surface area contributed by atoms with Crippen LogP contribution in [-0.4, -0.2) is 4.68 Å². The fraction of sp³-hybridized carbons (Fsp3) is 0. The molecule has 0 atom stereocenters. The van der Waals surface area contributed by atoms with Crippen LogP contribution in [0.1, 0.15) is 5.69 Å². The number of nitrogens with zero attached hydrogens (tertiary/aromatic N) is 3. The summed E-state index contributed by atoms with van der Waals surface area (Å²) in [6.45, 7) is 0. The first kappa shape index (κ1) is 10.3. The molecule has 19 heavy (non-hydrogen) atoms. The van der Waals surface area contributed by atoms with Gasteiger partial charge >= 0.3 is 0 Å². The molecule has 3 nitrogen and oxygen atoms in total. The van der Waals surface area contributed by atoms with E-state index >= 15 is 0 Å². The summed E-state index contributed by atoms with van der Waals surface area (Å²) in [5.74, 6) is 0. The van der Waals surface area contributed by atoms with Gasteiger partial charge in [-0.15, -0.1) is 0 Å². The van der Waals surface area contributed by atoms with Gasteiger partial charge in [-0.25, -0.2) is 4.68 Å². The van der Waals surface area contributed by atoms with Gasteiger partial charge in [-0.05, 0) is 18.2 Å². The minimum atomic E-state index is 0.883. The molecule has 0 spiro atoms. The molecule has 1 aromatic heterocycles. The maximum Gasteiger partial charge on any atom is 0.110 e. The summed E-state index contributed by atoms with van der Waals surface area (Å²) in [4.78, 5) is 4.44. The molecule has 2 aromatic carbocycles. The summed E-state index contributed by atoms with van der Waals surface area (Å²) in [5.41, 5.74) is 1.06. The number of para-hydroxylation sites is 1. The van der Waals surface area contributed by atoms with Crippen LogP contribution in [0.3, 0.4) is 0 Å². The highest BCUT2D eigenvalue weighted by Crippen LogP contribution is 2.22. The van der Waals surface area contributed by atoms with Crippen LogP contribution in [0.15, 0.2) is 71.0 Å². The summed E-state index contributed by atoms with van der Waals surface area (Å²) in [5, 5.41) is 8.82. The molecule has 0 saturated carbocycles. The molecule has 0 bridgehead atoms. The molecule has 90 valence electrons. The van der Waals surface area contributed by atoms with Crippen molar-refractivity contribution in [3.05, 3.63) is 77.3 Å². The highest BCUT2D eigenvalue weighted by atomic mass is 15.3. The van der Waals surface area contributed by atoms with E-state index in [9.17, 15) is 0 Å². The second kappa shape index (κ2) is 3.92. The maximum atomic E-state index is 4.67. The molecule has 0 N–H and O–H groups in total. The van der Waals surface area contributed by atoms with E-state index in [-0.39, 0.29) is 0 Å². The second-order valence-electron chi connectivity index (χ2n) is 4.48. The molecule has 0 unspecified atom stereocenters. The number of aromatic nitrogens is 1. The van der Waals surface area contributed by atoms with Gasteiger partial charge in [0.1, 0.15) is 5.36 Å². The Kier molecular flexibility index (Phi) is 2.12. The van der Waals surface area contributed by atoms with Crippen LogP contribution in [0.4, 0.5) is 0 Å². The minimum Gasteiger partial charge on any atom is -0.254 e. The van der Waals surface area contributed by atoms with Crippen molar-refractivity contribution >= 4 is 16.8 Å². The van der Waals surface area contributed by atoms with E-state index in [4.69, 9.17) is 0 Å². The van der Waals surface area contributed by atoms with Gasteiger partial charge in [0.15, 0.2) is 0 Å². The van der Waals surface area contributed by atoms with Gasteiger partial charge in [-0.1, -0.05) is 36.4 Å². The molecule has 3 heteroatoms. The van der Waals surface area contributed by atoms with Crippen molar-refractivity contribution in [3.63, 3.8) is 0 Å². The van der Waals surface area contributed by atoms with Crippen molar-refractivity contribution in [2.24, 2.45) is 10.1 Å². The van der Waals surface area contributed by atoms with Gasteiger partial charge in [-0.2, -0.15) is 5.10 Å². The lowest BCUT2D eigenvalue weighted by molar-refractivity contribution is 0.830. The van der Waals surface area contributed by atoms with E-state index in [1.54, 1.807) is 0 Å². The third-order valence-corrected chi connectivity index (χ3v) is 3.29. The van der Waals surface area contributed by atoms with Crippen molar-refractivity contribution in [1.82, 2.24) is 4.68 Å². The Morgan fingerprint density at radius 1 is 0.842 bits per heavy atom. The Labute approximate surface area is 109 Å². The lowest BCUT2D eigenvalue weighted by Gasteiger charge is -2.00. The Morgan fingerprint density at radius 3 is 2.58 bits per heavy atom. The molecular formula is C16H11N3. The topological polar surface area (TPSA) is 29.6 Å². The molecule has 0 radical (unpaired) electrons. The van der Waals surface area contributed by atoms with Crippen molar-refractivity contribution in [1.29, 1.82) is 0 Å². The molecule has 3 aromatic rings. The van der Waals surface area contributed by atoms with Gasteiger partial charge < -0.3 is 0 Å².